The molecular formula is C15H18N2O5S. The number of rotatable bonds is 5. The van der Waals surface area contributed by atoms with Gasteiger partial charge in [-0.25, -0.2) is 0 Å². The molecule has 0 unspecified atom stereocenters. The highest BCUT2D eigenvalue weighted by Crippen LogP contribution is 2.32. The maximum atomic E-state index is 12.2. The van der Waals surface area contributed by atoms with Gasteiger partial charge in [-0.15, -0.1) is 0 Å². The first-order valence-electron chi connectivity index (χ1n) is 7.00. The maximum absolute atomic E-state index is 12.2. The summed E-state index contributed by atoms with van der Waals surface area (Å²) in [6, 6.07) is 3.46. The van der Waals surface area contributed by atoms with E-state index in [0.29, 0.717) is 11.6 Å². The van der Waals surface area contributed by atoms with Gasteiger partial charge in [0.2, 0.25) is 0 Å². The fourth-order valence-electron chi connectivity index (χ4n) is 1.85. The molecule has 0 aromatic carbocycles. The number of ether oxygens (including phenoxy) is 1. The topological polar surface area (TPSA) is 80.1 Å². The van der Waals surface area contributed by atoms with Gasteiger partial charge in [-0.3, -0.25) is 19.3 Å². The fraction of sp³-hybridized carbons (Fsp3) is 0.400. The van der Waals surface area contributed by atoms with Crippen molar-refractivity contribution in [3.8, 4) is 0 Å². The highest BCUT2D eigenvalue weighted by molar-refractivity contribution is 8.18. The van der Waals surface area contributed by atoms with Crippen LogP contribution in [0.3, 0.4) is 0 Å². The van der Waals surface area contributed by atoms with Crippen molar-refractivity contribution in [2.75, 3.05) is 25.5 Å². The lowest BCUT2D eigenvalue weighted by molar-refractivity contribution is -0.149. The molecule has 1 aliphatic rings. The van der Waals surface area contributed by atoms with Crippen molar-refractivity contribution in [2.45, 2.75) is 20.0 Å². The molecule has 2 amide bonds. The third-order valence-electron chi connectivity index (χ3n) is 2.85. The average Bonchev–Trinajstić information content (AvgIpc) is 2.99. The Morgan fingerprint density at radius 1 is 1.39 bits per heavy atom. The number of amides is 2. The second-order valence-corrected chi connectivity index (χ2v) is 6.37. The first kappa shape index (κ1) is 17.1. The molecule has 23 heavy (non-hydrogen) atoms. The number of imide groups is 1. The Labute approximate surface area is 138 Å². The SMILES string of the molecule is CC(C)OC(=O)CN1C(=O)S/C(=C\c2ccc(N(C)C)o2)C1=O. The Kier molecular flexibility index (Phi) is 5.15. The lowest BCUT2D eigenvalue weighted by atomic mass is 10.3. The number of esters is 1. The Hall–Kier alpha value is -2.22. The van der Waals surface area contributed by atoms with Crippen LogP contribution in [0.5, 0.6) is 0 Å². The molecule has 1 fully saturated rings. The van der Waals surface area contributed by atoms with Crippen LogP contribution in [0.2, 0.25) is 0 Å². The van der Waals surface area contributed by atoms with E-state index in [4.69, 9.17) is 9.15 Å². The van der Waals surface area contributed by atoms with Crippen molar-refractivity contribution in [1.29, 1.82) is 0 Å². The van der Waals surface area contributed by atoms with Crippen molar-refractivity contribution in [3.05, 3.63) is 22.8 Å². The number of thioether (sulfide) groups is 1. The molecule has 1 aliphatic heterocycles. The van der Waals surface area contributed by atoms with Gasteiger partial charge in [0.15, 0.2) is 5.88 Å². The number of carbonyl (C=O) groups excluding carboxylic acids is 3. The summed E-state index contributed by atoms with van der Waals surface area (Å²) in [7, 11) is 3.66. The molecule has 7 nitrogen and oxygen atoms in total. The second-order valence-electron chi connectivity index (χ2n) is 5.38. The number of hydrogen-bond acceptors (Lipinski definition) is 7. The molecule has 0 N–H and O–H groups in total. The summed E-state index contributed by atoms with van der Waals surface area (Å²) in [5.41, 5.74) is 0. The van der Waals surface area contributed by atoms with Gasteiger partial charge in [0.25, 0.3) is 11.1 Å². The zero-order valence-corrected chi connectivity index (χ0v) is 14.2. The molecule has 0 radical (unpaired) electrons. The van der Waals surface area contributed by atoms with Crippen LogP contribution in [0.15, 0.2) is 21.5 Å². The minimum atomic E-state index is -0.614. The van der Waals surface area contributed by atoms with Crippen molar-refractivity contribution in [1.82, 2.24) is 4.90 Å². The molecule has 0 saturated carbocycles. The molecule has 1 saturated heterocycles. The lowest BCUT2D eigenvalue weighted by Crippen LogP contribution is -2.35. The number of carbonyl (C=O) groups is 3. The molecular weight excluding hydrogens is 320 g/mol. The second kappa shape index (κ2) is 6.91. The van der Waals surface area contributed by atoms with Gasteiger partial charge in [-0.05, 0) is 31.7 Å². The number of nitrogens with zero attached hydrogens (tertiary/aromatic N) is 2. The highest BCUT2D eigenvalue weighted by Gasteiger charge is 2.37. The zero-order valence-electron chi connectivity index (χ0n) is 13.4. The minimum Gasteiger partial charge on any atom is -0.462 e. The Bertz CT molecular complexity index is 663. The number of anilines is 1. The van der Waals surface area contributed by atoms with E-state index in [1.54, 1.807) is 30.9 Å². The Morgan fingerprint density at radius 2 is 2.09 bits per heavy atom. The van der Waals surface area contributed by atoms with Crippen molar-refractivity contribution in [2.24, 2.45) is 0 Å². The highest BCUT2D eigenvalue weighted by atomic mass is 32.2. The van der Waals surface area contributed by atoms with Crippen LogP contribution in [0, 0.1) is 0 Å². The van der Waals surface area contributed by atoms with Crippen LogP contribution in [0.25, 0.3) is 6.08 Å². The van der Waals surface area contributed by atoms with Crippen LogP contribution in [-0.4, -0.2) is 48.8 Å². The van der Waals surface area contributed by atoms with Gasteiger partial charge in [0.05, 0.1) is 11.0 Å². The summed E-state index contributed by atoms with van der Waals surface area (Å²) in [4.78, 5) is 38.6. The van der Waals surface area contributed by atoms with Crippen LogP contribution in [0.1, 0.15) is 19.6 Å². The van der Waals surface area contributed by atoms with Crippen LogP contribution >= 0.6 is 11.8 Å². The monoisotopic (exact) mass is 338 g/mol. The summed E-state index contributed by atoms with van der Waals surface area (Å²) in [5, 5.41) is -0.499. The Balaban J connectivity index is 2.10. The summed E-state index contributed by atoms with van der Waals surface area (Å²) in [5.74, 6) is -0.0418. The molecule has 1 aromatic rings. The molecule has 2 heterocycles. The Morgan fingerprint density at radius 3 is 2.65 bits per heavy atom. The van der Waals surface area contributed by atoms with Crippen molar-refractivity contribution in [3.63, 3.8) is 0 Å². The predicted octanol–water partition coefficient (Wildman–Crippen LogP) is 2.33. The third-order valence-corrected chi connectivity index (χ3v) is 3.76. The number of hydrogen-bond donors (Lipinski definition) is 0. The van der Waals surface area contributed by atoms with Gasteiger partial charge >= 0.3 is 5.97 Å². The van der Waals surface area contributed by atoms with E-state index in [9.17, 15) is 14.4 Å². The third kappa shape index (κ3) is 4.16. The summed E-state index contributed by atoms with van der Waals surface area (Å²) >= 11 is 0.772. The van der Waals surface area contributed by atoms with Gasteiger partial charge < -0.3 is 14.1 Å². The van der Waals surface area contributed by atoms with E-state index in [0.717, 1.165) is 16.7 Å². The quantitative estimate of drug-likeness (QED) is 0.602. The van der Waals surface area contributed by atoms with Crippen LogP contribution in [-0.2, 0) is 14.3 Å². The molecule has 0 bridgehead atoms. The van der Waals surface area contributed by atoms with Gasteiger partial charge in [-0.2, -0.15) is 0 Å². The first-order chi connectivity index (χ1) is 10.8. The molecule has 2 rings (SSSR count). The maximum Gasteiger partial charge on any atom is 0.326 e. The molecule has 0 atom stereocenters. The largest absolute Gasteiger partial charge is 0.462 e. The summed E-state index contributed by atoms with van der Waals surface area (Å²) in [6.45, 7) is 3.01. The molecule has 124 valence electrons. The van der Waals surface area contributed by atoms with E-state index in [1.165, 1.54) is 6.08 Å². The van der Waals surface area contributed by atoms with Crippen molar-refractivity contribution >= 4 is 40.8 Å². The van der Waals surface area contributed by atoms with Crippen LogP contribution < -0.4 is 4.90 Å². The van der Waals surface area contributed by atoms with E-state index in [2.05, 4.69) is 0 Å². The van der Waals surface area contributed by atoms with Gasteiger partial charge in [-0.1, -0.05) is 0 Å². The molecule has 0 aliphatic carbocycles. The van der Waals surface area contributed by atoms with E-state index < -0.39 is 17.1 Å². The lowest BCUT2D eigenvalue weighted by Gasteiger charge is -2.13. The zero-order chi connectivity index (χ0) is 17.1. The first-order valence-corrected chi connectivity index (χ1v) is 7.81. The normalized spacial score (nSPS) is 16.6. The smallest absolute Gasteiger partial charge is 0.326 e. The van der Waals surface area contributed by atoms with Gasteiger partial charge in [0, 0.05) is 26.2 Å². The average molecular weight is 338 g/mol. The molecule has 8 heteroatoms. The fourth-order valence-corrected chi connectivity index (χ4v) is 2.67. The van der Waals surface area contributed by atoms with Gasteiger partial charge in [0.1, 0.15) is 12.3 Å². The predicted molar refractivity (Wildman–Crippen MR) is 86.9 cm³/mol. The van der Waals surface area contributed by atoms with Crippen molar-refractivity contribution < 1.29 is 23.5 Å². The summed E-state index contributed by atoms with van der Waals surface area (Å²) in [6.07, 6.45) is 1.19. The standard InChI is InChI=1S/C15H18N2O5S/c1-9(2)21-13(18)8-17-14(19)11(23-15(17)20)7-10-5-6-12(22-10)16(3)4/h5-7,9H,8H2,1-4H3/b11-7-. The van der Waals surface area contributed by atoms with Crippen LogP contribution in [0.4, 0.5) is 10.7 Å². The van der Waals surface area contributed by atoms with E-state index in [1.807, 2.05) is 14.1 Å². The number of furan rings is 1. The summed E-state index contributed by atoms with van der Waals surface area (Å²) < 4.78 is 10.5. The van der Waals surface area contributed by atoms with E-state index in [-0.39, 0.29) is 17.6 Å². The van der Waals surface area contributed by atoms with E-state index >= 15 is 0 Å². The molecule has 0 spiro atoms. The molecule has 1 aromatic heterocycles. The minimum absolute atomic E-state index is 0.215.